The molecule has 1 fully saturated rings. The van der Waals surface area contributed by atoms with E-state index in [0.29, 0.717) is 41.7 Å². The highest BCUT2D eigenvalue weighted by Gasteiger charge is 2.32. The van der Waals surface area contributed by atoms with Crippen molar-refractivity contribution in [3.63, 3.8) is 0 Å². The Labute approximate surface area is 198 Å². The molecule has 1 atom stereocenters. The molecule has 0 saturated carbocycles. The lowest BCUT2D eigenvalue weighted by Crippen LogP contribution is -2.55. The summed E-state index contributed by atoms with van der Waals surface area (Å²) < 4.78 is 11.6. The summed E-state index contributed by atoms with van der Waals surface area (Å²) in [5.74, 6) is 2.89. The summed E-state index contributed by atoms with van der Waals surface area (Å²) in [6.07, 6.45) is 0. The van der Waals surface area contributed by atoms with Crippen LogP contribution in [0.2, 0.25) is 5.02 Å². The van der Waals surface area contributed by atoms with E-state index in [4.69, 9.17) is 26.1 Å². The zero-order valence-corrected chi connectivity index (χ0v) is 19.2. The fourth-order valence-electron chi connectivity index (χ4n) is 4.31. The van der Waals surface area contributed by atoms with Crippen molar-refractivity contribution >= 4 is 29.0 Å². The summed E-state index contributed by atoms with van der Waals surface area (Å²) in [4.78, 5) is 22.3. The number of amidine groups is 1. The van der Waals surface area contributed by atoms with Crippen LogP contribution in [0.15, 0.2) is 71.7 Å². The number of piperazine rings is 1. The number of hydrogen-bond donors (Lipinski definition) is 0. The average Bonchev–Trinajstić information content (AvgIpc) is 3.00. The highest BCUT2D eigenvalue weighted by atomic mass is 35.5. The Morgan fingerprint density at radius 3 is 2.64 bits per heavy atom. The molecule has 0 radical (unpaired) electrons. The summed E-state index contributed by atoms with van der Waals surface area (Å²) in [7, 11) is 1.64. The number of benzene rings is 3. The van der Waals surface area contributed by atoms with Crippen molar-refractivity contribution in [1.29, 1.82) is 0 Å². The van der Waals surface area contributed by atoms with Crippen molar-refractivity contribution < 1.29 is 14.3 Å². The molecule has 0 aliphatic carbocycles. The van der Waals surface area contributed by atoms with Crippen LogP contribution in [-0.4, -0.2) is 54.3 Å². The standard InChI is InChI=1S/C26H24ClN3O3/c1-17-16-29(13-14-30(17)26(31)19-7-3-4-8-21(19)27)25-20-12-11-18(32-2)15-24(20)33-23-10-6-5-9-22(23)28-25/h3-12,15,17H,13-14,16H2,1-2H3. The third kappa shape index (κ3) is 4.02. The van der Waals surface area contributed by atoms with E-state index in [1.165, 1.54) is 0 Å². The number of ether oxygens (including phenoxy) is 2. The third-order valence-electron chi connectivity index (χ3n) is 6.03. The van der Waals surface area contributed by atoms with Crippen molar-refractivity contribution in [3.05, 3.63) is 82.9 Å². The number of amides is 1. The predicted octanol–water partition coefficient (Wildman–Crippen LogP) is 5.38. The van der Waals surface area contributed by atoms with Gasteiger partial charge in [-0.3, -0.25) is 4.79 Å². The van der Waals surface area contributed by atoms with Crippen LogP contribution in [0.5, 0.6) is 17.2 Å². The van der Waals surface area contributed by atoms with Crippen molar-refractivity contribution in [2.75, 3.05) is 26.7 Å². The van der Waals surface area contributed by atoms with E-state index in [-0.39, 0.29) is 11.9 Å². The number of rotatable bonds is 2. The third-order valence-corrected chi connectivity index (χ3v) is 6.36. The second-order valence-electron chi connectivity index (χ2n) is 8.14. The molecule has 6 nitrogen and oxygen atoms in total. The molecule has 0 spiro atoms. The molecule has 0 N–H and O–H groups in total. The number of carbonyl (C=O) groups is 1. The van der Waals surface area contributed by atoms with Gasteiger partial charge in [-0.1, -0.05) is 35.9 Å². The van der Waals surface area contributed by atoms with Crippen LogP contribution < -0.4 is 9.47 Å². The smallest absolute Gasteiger partial charge is 0.255 e. The molecule has 0 bridgehead atoms. The minimum atomic E-state index is -0.0469. The van der Waals surface area contributed by atoms with Gasteiger partial charge in [-0.15, -0.1) is 0 Å². The van der Waals surface area contributed by atoms with Crippen LogP contribution in [0.3, 0.4) is 0 Å². The first-order chi connectivity index (χ1) is 16.0. The Bertz CT molecular complexity index is 1240. The number of methoxy groups -OCH3 is 1. The van der Waals surface area contributed by atoms with Gasteiger partial charge in [-0.2, -0.15) is 0 Å². The van der Waals surface area contributed by atoms with Gasteiger partial charge in [0.15, 0.2) is 5.75 Å². The molecular formula is C26H24ClN3O3. The second kappa shape index (κ2) is 8.79. The Morgan fingerprint density at radius 2 is 1.85 bits per heavy atom. The summed E-state index contributed by atoms with van der Waals surface area (Å²) >= 11 is 6.28. The van der Waals surface area contributed by atoms with Crippen molar-refractivity contribution in [2.45, 2.75) is 13.0 Å². The summed E-state index contributed by atoms with van der Waals surface area (Å²) in [6, 6.07) is 20.7. The lowest BCUT2D eigenvalue weighted by atomic mass is 10.1. The monoisotopic (exact) mass is 461 g/mol. The maximum absolute atomic E-state index is 13.2. The topological polar surface area (TPSA) is 54.4 Å². The molecule has 0 aromatic heterocycles. The maximum Gasteiger partial charge on any atom is 0.255 e. The van der Waals surface area contributed by atoms with Gasteiger partial charge >= 0.3 is 0 Å². The molecule has 7 heteroatoms. The highest BCUT2D eigenvalue weighted by molar-refractivity contribution is 6.33. The average molecular weight is 462 g/mol. The highest BCUT2D eigenvalue weighted by Crippen LogP contribution is 2.39. The van der Waals surface area contributed by atoms with Crippen LogP contribution in [0.25, 0.3) is 0 Å². The number of aliphatic imine (C=N–C) groups is 1. The van der Waals surface area contributed by atoms with E-state index in [1.54, 1.807) is 19.2 Å². The fraction of sp³-hybridized carbons (Fsp3) is 0.231. The zero-order valence-electron chi connectivity index (χ0n) is 18.5. The predicted molar refractivity (Wildman–Crippen MR) is 129 cm³/mol. The first-order valence-electron chi connectivity index (χ1n) is 10.9. The van der Waals surface area contributed by atoms with Crippen LogP contribution in [0.4, 0.5) is 5.69 Å². The van der Waals surface area contributed by atoms with Gasteiger partial charge in [-0.05, 0) is 43.3 Å². The molecular weight excluding hydrogens is 438 g/mol. The van der Waals surface area contributed by atoms with E-state index in [2.05, 4.69) is 11.8 Å². The van der Waals surface area contributed by atoms with Crippen LogP contribution in [-0.2, 0) is 0 Å². The Balaban J connectivity index is 1.46. The first-order valence-corrected chi connectivity index (χ1v) is 11.3. The summed E-state index contributed by atoms with van der Waals surface area (Å²) in [5, 5.41) is 0.474. The number of carbonyl (C=O) groups excluding carboxylic acids is 1. The van der Waals surface area contributed by atoms with Gasteiger partial charge in [0, 0.05) is 31.7 Å². The number of fused-ring (bicyclic) bond motifs is 2. The number of para-hydroxylation sites is 2. The molecule has 3 aromatic carbocycles. The molecule has 2 aliphatic rings. The van der Waals surface area contributed by atoms with Crippen LogP contribution >= 0.6 is 11.6 Å². The minimum Gasteiger partial charge on any atom is -0.497 e. The van der Waals surface area contributed by atoms with Crippen molar-refractivity contribution in [2.24, 2.45) is 4.99 Å². The Morgan fingerprint density at radius 1 is 1.06 bits per heavy atom. The Kier molecular flexibility index (Phi) is 5.68. The molecule has 1 amide bonds. The fourth-order valence-corrected chi connectivity index (χ4v) is 4.53. The van der Waals surface area contributed by atoms with E-state index in [9.17, 15) is 4.79 Å². The number of halogens is 1. The first kappa shape index (κ1) is 21.3. The van der Waals surface area contributed by atoms with Gasteiger partial charge in [0.25, 0.3) is 5.91 Å². The molecule has 1 unspecified atom stereocenters. The van der Waals surface area contributed by atoms with E-state index >= 15 is 0 Å². The minimum absolute atomic E-state index is 0.0219. The zero-order chi connectivity index (χ0) is 22.9. The van der Waals surface area contributed by atoms with Gasteiger partial charge in [-0.25, -0.2) is 4.99 Å². The van der Waals surface area contributed by atoms with Gasteiger partial charge in [0.05, 0.1) is 23.3 Å². The summed E-state index contributed by atoms with van der Waals surface area (Å²) in [5.41, 5.74) is 2.20. The Hall–Kier alpha value is -3.51. The van der Waals surface area contributed by atoms with Gasteiger partial charge in [0.1, 0.15) is 23.0 Å². The largest absolute Gasteiger partial charge is 0.497 e. The summed E-state index contributed by atoms with van der Waals surface area (Å²) in [6.45, 7) is 3.91. The number of nitrogens with zero attached hydrogens (tertiary/aromatic N) is 3. The van der Waals surface area contributed by atoms with Gasteiger partial charge in [0.2, 0.25) is 0 Å². The lowest BCUT2D eigenvalue weighted by molar-refractivity contribution is 0.0581. The maximum atomic E-state index is 13.2. The number of hydrogen-bond acceptors (Lipinski definition) is 5. The van der Waals surface area contributed by atoms with Crippen LogP contribution in [0, 0.1) is 0 Å². The molecule has 1 saturated heterocycles. The molecule has 3 aromatic rings. The normalized spacial score (nSPS) is 17.3. The molecule has 168 valence electrons. The molecule has 2 aliphatic heterocycles. The second-order valence-corrected chi connectivity index (χ2v) is 8.55. The van der Waals surface area contributed by atoms with Crippen molar-refractivity contribution in [1.82, 2.24) is 9.80 Å². The quantitative estimate of drug-likeness (QED) is 0.514. The van der Waals surface area contributed by atoms with Gasteiger partial charge < -0.3 is 19.3 Å². The SMILES string of the molecule is COc1ccc2c(c1)Oc1ccccc1N=C2N1CCN(C(=O)c2ccccc2Cl)C(C)C1. The van der Waals surface area contributed by atoms with E-state index in [0.717, 1.165) is 22.8 Å². The van der Waals surface area contributed by atoms with Crippen molar-refractivity contribution in [3.8, 4) is 17.2 Å². The lowest BCUT2D eigenvalue weighted by Gasteiger charge is -2.41. The molecule has 33 heavy (non-hydrogen) atoms. The van der Waals surface area contributed by atoms with E-state index in [1.807, 2.05) is 59.5 Å². The van der Waals surface area contributed by atoms with E-state index < -0.39 is 0 Å². The molecule has 5 rings (SSSR count). The molecule has 2 heterocycles. The van der Waals surface area contributed by atoms with Crippen LogP contribution in [0.1, 0.15) is 22.8 Å².